The first-order valence-corrected chi connectivity index (χ1v) is 13.4. The van der Waals surface area contributed by atoms with Gasteiger partial charge in [0.1, 0.15) is 16.9 Å². The number of carbonyl (C=O) groups is 1. The molecule has 1 aliphatic carbocycles. The fourth-order valence-electron chi connectivity index (χ4n) is 3.89. The van der Waals surface area contributed by atoms with Crippen molar-refractivity contribution in [3.05, 3.63) is 40.2 Å². The van der Waals surface area contributed by atoms with Gasteiger partial charge in [-0.15, -0.1) is 11.3 Å². The van der Waals surface area contributed by atoms with Gasteiger partial charge >= 0.3 is 0 Å². The molecule has 1 aliphatic heterocycles. The maximum Gasteiger partial charge on any atom is 0.250 e. The Morgan fingerprint density at radius 2 is 1.81 bits per heavy atom. The van der Waals surface area contributed by atoms with Crippen LogP contribution >= 0.6 is 27.3 Å². The van der Waals surface area contributed by atoms with Crippen molar-refractivity contribution in [2.24, 2.45) is 11.8 Å². The summed E-state index contributed by atoms with van der Waals surface area (Å²) in [4.78, 5) is 12.6. The summed E-state index contributed by atoms with van der Waals surface area (Å²) in [5.74, 6) is 1.66. The lowest BCUT2D eigenvalue weighted by atomic mass is 9.81. The number of benzene rings is 1. The van der Waals surface area contributed by atoms with Crippen molar-refractivity contribution in [1.82, 2.24) is 10.0 Å². The van der Waals surface area contributed by atoms with E-state index in [9.17, 15) is 13.2 Å². The Morgan fingerprint density at radius 3 is 2.52 bits per heavy atom. The second kappa shape index (κ2) is 9.89. The van der Waals surface area contributed by atoms with Gasteiger partial charge in [-0.2, -0.15) is 0 Å². The van der Waals surface area contributed by atoms with Gasteiger partial charge < -0.3 is 14.8 Å². The van der Waals surface area contributed by atoms with Gasteiger partial charge in [-0.25, -0.2) is 13.1 Å². The monoisotopic (exact) mass is 528 g/mol. The van der Waals surface area contributed by atoms with Crippen molar-refractivity contribution in [1.29, 1.82) is 0 Å². The average Bonchev–Trinajstić information content (AvgIpc) is 3.23. The van der Waals surface area contributed by atoms with E-state index in [1.54, 1.807) is 12.1 Å². The van der Waals surface area contributed by atoms with E-state index < -0.39 is 10.0 Å². The summed E-state index contributed by atoms with van der Waals surface area (Å²) in [6.07, 6.45) is 2.96. The van der Waals surface area contributed by atoms with Crippen LogP contribution in [0.4, 0.5) is 0 Å². The van der Waals surface area contributed by atoms with Gasteiger partial charge in [0.05, 0.1) is 10.3 Å². The second-order valence-electron chi connectivity index (χ2n) is 7.87. The second-order valence-corrected chi connectivity index (χ2v) is 12.3. The molecule has 10 heteroatoms. The van der Waals surface area contributed by atoms with Gasteiger partial charge in [-0.3, -0.25) is 4.79 Å². The summed E-state index contributed by atoms with van der Waals surface area (Å²) in [5, 5.41) is 2.99. The lowest BCUT2D eigenvalue weighted by Crippen LogP contribution is -2.43. The molecule has 0 unspecified atom stereocenters. The molecule has 1 aromatic heterocycles. The Kier molecular flexibility index (Phi) is 7.20. The maximum atomic E-state index is 12.6. The molecule has 1 amide bonds. The van der Waals surface area contributed by atoms with Gasteiger partial charge in [0, 0.05) is 12.5 Å². The third kappa shape index (κ3) is 5.79. The van der Waals surface area contributed by atoms with Crippen molar-refractivity contribution >= 4 is 43.2 Å². The molecule has 1 fully saturated rings. The van der Waals surface area contributed by atoms with Gasteiger partial charge in [-0.1, -0.05) is 12.1 Å². The zero-order valence-corrected chi connectivity index (χ0v) is 20.1. The van der Waals surface area contributed by atoms with Crippen LogP contribution in [0.2, 0.25) is 0 Å². The number of carbonyl (C=O) groups excluding carboxylic acids is 1. The molecule has 31 heavy (non-hydrogen) atoms. The zero-order chi connectivity index (χ0) is 21.8. The Balaban J connectivity index is 1.18. The lowest BCUT2D eigenvalue weighted by Gasteiger charge is -2.29. The fraction of sp³-hybridized carbons (Fsp3) is 0.476. The molecule has 2 aliphatic rings. The standard InChI is InChI=1S/C21H25BrN2O5S2/c22-19-9-10-20(30-19)31(26,27)24-11-14-5-7-15(8-6-14)21(25)23-12-16-13-28-17-3-1-2-4-18(17)29-16/h1-4,9-10,14-16,24H,5-8,11-13H2,(H,23,25)/t14?,15?,16-/m1/s1. The first kappa shape index (κ1) is 22.6. The number of hydrogen-bond donors (Lipinski definition) is 2. The predicted molar refractivity (Wildman–Crippen MR) is 122 cm³/mol. The van der Waals surface area contributed by atoms with Crippen molar-refractivity contribution in [3.63, 3.8) is 0 Å². The largest absolute Gasteiger partial charge is 0.486 e. The van der Waals surface area contributed by atoms with Crippen LogP contribution in [0, 0.1) is 11.8 Å². The number of rotatable bonds is 7. The topological polar surface area (TPSA) is 93.7 Å². The summed E-state index contributed by atoms with van der Waals surface area (Å²) in [6, 6.07) is 10.8. The molecule has 0 saturated heterocycles. The SMILES string of the molecule is O=C(NC[C@@H]1COc2ccccc2O1)C1CCC(CNS(=O)(=O)c2ccc(Br)s2)CC1. The van der Waals surface area contributed by atoms with E-state index in [-0.39, 0.29) is 23.8 Å². The smallest absolute Gasteiger partial charge is 0.250 e. The number of halogens is 1. The zero-order valence-electron chi connectivity index (χ0n) is 16.9. The van der Waals surface area contributed by atoms with Gasteiger partial charge in [0.15, 0.2) is 11.5 Å². The van der Waals surface area contributed by atoms with E-state index in [4.69, 9.17) is 9.47 Å². The third-order valence-corrected chi connectivity index (χ3v) is 9.20. The van der Waals surface area contributed by atoms with Crippen molar-refractivity contribution < 1.29 is 22.7 Å². The van der Waals surface area contributed by atoms with Crippen LogP contribution in [0.25, 0.3) is 0 Å². The van der Waals surface area contributed by atoms with Crippen LogP contribution < -0.4 is 19.5 Å². The Bertz CT molecular complexity index is 1020. The molecular formula is C21H25BrN2O5S2. The van der Waals surface area contributed by atoms with Crippen molar-refractivity contribution in [2.45, 2.75) is 36.0 Å². The molecule has 7 nitrogen and oxygen atoms in total. The predicted octanol–water partition coefficient (Wildman–Crippen LogP) is 3.55. The quantitative estimate of drug-likeness (QED) is 0.573. The van der Waals surface area contributed by atoms with Gasteiger partial charge in [-0.05, 0) is 71.8 Å². The van der Waals surface area contributed by atoms with Crippen molar-refractivity contribution in [3.8, 4) is 11.5 Å². The molecule has 2 N–H and O–H groups in total. The maximum absolute atomic E-state index is 12.6. The van der Waals surface area contributed by atoms with Gasteiger partial charge in [0.2, 0.25) is 15.9 Å². The molecule has 0 radical (unpaired) electrons. The first-order valence-electron chi connectivity index (χ1n) is 10.3. The number of para-hydroxylation sites is 2. The summed E-state index contributed by atoms with van der Waals surface area (Å²) < 4.78 is 40.1. The normalized spacial score (nSPS) is 23.3. The number of thiophene rings is 1. The summed E-state index contributed by atoms with van der Waals surface area (Å²) in [5.41, 5.74) is 0. The molecule has 2 aromatic rings. The molecular weight excluding hydrogens is 504 g/mol. The molecule has 168 valence electrons. The molecule has 2 heterocycles. The fourth-order valence-corrected chi connectivity index (χ4v) is 7.06. The van der Waals surface area contributed by atoms with Crippen LogP contribution in [0.15, 0.2) is 44.4 Å². The number of fused-ring (bicyclic) bond motifs is 1. The van der Waals surface area contributed by atoms with Crippen molar-refractivity contribution in [2.75, 3.05) is 19.7 Å². The van der Waals surface area contributed by atoms with Crippen LogP contribution in [-0.4, -0.2) is 40.1 Å². The third-order valence-electron chi connectivity index (χ3n) is 5.66. The number of amides is 1. The highest BCUT2D eigenvalue weighted by molar-refractivity contribution is 9.11. The van der Waals surface area contributed by atoms with Crippen LogP contribution in [0.1, 0.15) is 25.7 Å². The molecule has 1 saturated carbocycles. The Labute approximate surface area is 194 Å². The minimum absolute atomic E-state index is 0.0323. The Morgan fingerprint density at radius 1 is 1.06 bits per heavy atom. The van der Waals surface area contributed by atoms with Crippen LogP contribution in [-0.2, 0) is 14.8 Å². The Hall–Kier alpha value is -1.62. The summed E-state index contributed by atoms with van der Waals surface area (Å²) in [7, 11) is -3.48. The highest BCUT2D eigenvalue weighted by Crippen LogP contribution is 2.32. The summed E-state index contributed by atoms with van der Waals surface area (Å²) in [6.45, 7) is 1.22. The first-order chi connectivity index (χ1) is 14.9. The molecule has 0 spiro atoms. The molecule has 4 rings (SSSR count). The van der Waals surface area contributed by atoms with E-state index in [1.807, 2.05) is 24.3 Å². The van der Waals surface area contributed by atoms with E-state index in [1.165, 1.54) is 11.3 Å². The van der Waals surface area contributed by atoms with Gasteiger partial charge in [0.25, 0.3) is 0 Å². The minimum atomic E-state index is -3.48. The minimum Gasteiger partial charge on any atom is -0.486 e. The van der Waals surface area contributed by atoms with Crippen LogP contribution in [0.5, 0.6) is 11.5 Å². The number of ether oxygens (including phenoxy) is 2. The molecule has 1 aromatic carbocycles. The molecule has 1 atom stereocenters. The highest BCUT2D eigenvalue weighted by Gasteiger charge is 2.29. The number of nitrogens with one attached hydrogen (secondary N) is 2. The average molecular weight is 529 g/mol. The highest BCUT2D eigenvalue weighted by atomic mass is 79.9. The van der Waals surface area contributed by atoms with E-state index in [2.05, 4.69) is 26.0 Å². The van der Waals surface area contributed by atoms with E-state index >= 15 is 0 Å². The molecule has 0 bridgehead atoms. The number of hydrogen-bond acceptors (Lipinski definition) is 6. The van der Waals surface area contributed by atoms with E-state index in [0.717, 1.165) is 35.2 Å². The lowest BCUT2D eigenvalue weighted by molar-refractivity contribution is -0.126. The number of sulfonamides is 1. The van der Waals surface area contributed by atoms with Crippen LogP contribution in [0.3, 0.4) is 0 Å². The summed E-state index contributed by atoms with van der Waals surface area (Å²) >= 11 is 4.48. The van der Waals surface area contributed by atoms with E-state index in [0.29, 0.717) is 29.7 Å².